The number of rotatable bonds is 5. The van der Waals surface area contributed by atoms with Crippen LogP contribution in [-0.2, 0) is 4.79 Å². The highest BCUT2D eigenvalue weighted by atomic mass is 32.2. The van der Waals surface area contributed by atoms with E-state index in [1.807, 2.05) is 19.2 Å². The lowest BCUT2D eigenvalue weighted by Gasteiger charge is -2.09. The third-order valence-electron chi connectivity index (χ3n) is 2.73. The number of hydrogen-bond acceptors (Lipinski definition) is 5. The highest BCUT2D eigenvalue weighted by Gasteiger charge is 2.18. The molecule has 2 aromatic rings. The van der Waals surface area contributed by atoms with Crippen LogP contribution in [0.1, 0.15) is 29.9 Å². The summed E-state index contributed by atoms with van der Waals surface area (Å²) in [4.78, 5) is 27.7. The predicted molar refractivity (Wildman–Crippen MR) is 87.2 cm³/mol. The molecular formula is C15H16N2O2S2. The minimum atomic E-state index is -0.192. The van der Waals surface area contributed by atoms with E-state index in [1.165, 1.54) is 18.7 Å². The average molecular weight is 320 g/mol. The van der Waals surface area contributed by atoms with Gasteiger partial charge in [-0.25, -0.2) is 4.98 Å². The highest BCUT2D eigenvalue weighted by Crippen LogP contribution is 2.28. The van der Waals surface area contributed by atoms with E-state index in [1.54, 1.807) is 35.6 Å². The van der Waals surface area contributed by atoms with E-state index < -0.39 is 0 Å². The summed E-state index contributed by atoms with van der Waals surface area (Å²) in [6, 6.07) is 6.94. The normalized spacial score (nSPS) is 12.0. The Labute approximate surface area is 132 Å². The quantitative estimate of drug-likeness (QED) is 0.673. The molecule has 0 spiro atoms. The van der Waals surface area contributed by atoms with Crippen molar-refractivity contribution in [1.82, 2.24) is 4.98 Å². The summed E-state index contributed by atoms with van der Waals surface area (Å²) in [7, 11) is 0. The summed E-state index contributed by atoms with van der Waals surface area (Å²) in [5, 5.41) is 4.46. The van der Waals surface area contributed by atoms with Gasteiger partial charge in [0.05, 0.1) is 5.25 Å². The Bertz CT molecular complexity index is 650. The first kappa shape index (κ1) is 15.7. The molecule has 0 fully saturated rings. The van der Waals surface area contributed by atoms with Crippen LogP contribution >= 0.6 is 23.1 Å². The van der Waals surface area contributed by atoms with Crippen molar-refractivity contribution in [2.45, 2.75) is 30.4 Å². The van der Waals surface area contributed by atoms with Gasteiger partial charge in [-0.15, -0.1) is 11.3 Å². The maximum absolute atomic E-state index is 12.4. The van der Waals surface area contributed by atoms with Crippen molar-refractivity contribution >= 4 is 40.5 Å². The summed E-state index contributed by atoms with van der Waals surface area (Å²) >= 11 is 3.02. The predicted octanol–water partition coefficient (Wildman–Crippen LogP) is 3.77. The second-order valence-electron chi connectivity index (χ2n) is 4.64. The lowest BCUT2D eigenvalue weighted by Crippen LogP contribution is -2.13. The Morgan fingerprint density at radius 3 is 2.48 bits per heavy atom. The van der Waals surface area contributed by atoms with Gasteiger partial charge in [0.2, 0.25) is 5.91 Å². The van der Waals surface area contributed by atoms with Crippen LogP contribution in [0.2, 0.25) is 0 Å². The van der Waals surface area contributed by atoms with Gasteiger partial charge < -0.3 is 5.32 Å². The summed E-state index contributed by atoms with van der Waals surface area (Å²) in [6.45, 7) is 5.27. The number of thiazole rings is 1. The van der Waals surface area contributed by atoms with Gasteiger partial charge in [-0.05, 0) is 38.1 Å². The van der Waals surface area contributed by atoms with Gasteiger partial charge in [0.1, 0.15) is 0 Å². The molecule has 110 valence electrons. The van der Waals surface area contributed by atoms with Crippen LogP contribution < -0.4 is 5.32 Å². The maximum Gasteiger partial charge on any atom is 0.221 e. The fraction of sp³-hybridized carbons (Fsp3) is 0.267. The first-order valence-corrected chi connectivity index (χ1v) is 8.22. The van der Waals surface area contributed by atoms with E-state index in [2.05, 4.69) is 10.3 Å². The minimum absolute atomic E-state index is 0.0576. The molecule has 1 amide bonds. The summed E-state index contributed by atoms with van der Waals surface area (Å²) in [6.07, 6.45) is 0. The number of aromatic nitrogens is 1. The van der Waals surface area contributed by atoms with E-state index in [9.17, 15) is 9.59 Å². The van der Waals surface area contributed by atoms with Crippen LogP contribution in [0.3, 0.4) is 0 Å². The number of thioether (sulfide) groups is 1. The van der Waals surface area contributed by atoms with E-state index in [0.717, 1.165) is 10.0 Å². The van der Waals surface area contributed by atoms with Crippen LogP contribution in [0.5, 0.6) is 0 Å². The van der Waals surface area contributed by atoms with Gasteiger partial charge in [0.15, 0.2) is 10.1 Å². The van der Waals surface area contributed by atoms with Crippen molar-refractivity contribution in [3.8, 4) is 0 Å². The van der Waals surface area contributed by atoms with Crippen molar-refractivity contribution < 1.29 is 9.59 Å². The zero-order valence-electron chi connectivity index (χ0n) is 12.0. The molecule has 1 atom stereocenters. The van der Waals surface area contributed by atoms with E-state index in [0.29, 0.717) is 11.3 Å². The molecule has 4 nitrogen and oxygen atoms in total. The van der Waals surface area contributed by atoms with Gasteiger partial charge in [0.25, 0.3) is 0 Å². The standard InChI is InChI=1S/C15H16N2O2S2/c1-9-8-20-15(16-9)21-10(2)14(19)12-4-6-13(7-5-12)17-11(3)18/h4-8,10H,1-3H3,(H,17,18)/t10-/m0/s1. The van der Waals surface area contributed by atoms with Gasteiger partial charge in [0, 0.05) is 29.2 Å². The largest absolute Gasteiger partial charge is 0.326 e. The van der Waals surface area contributed by atoms with E-state index in [-0.39, 0.29) is 16.9 Å². The average Bonchev–Trinajstić information content (AvgIpc) is 2.83. The monoisotopic (exact) mass is 320 g/mol. The summed E-state index contributed by atoms with van der Waals surface area (Å²) < 4.78 is 0.906. The molecular weight excluding hydrogens is 304 g/mol. The molecule has 1 aromatic heterocycles. The van der Waals surface area contributed by atoms with E-state index >= 15 is 0 Å². The molecule has 0 bridgehead atoms. The number of carbonyl (C=O) groups excluding carboxylic acids is 2. The fourth-order valence-corrected chi connectivity index (χ4v) is 3.81. The lowest BCUT2D eigenvalue weighted by molar-refractivity contribution is -0.114. The zero-order chi connectivity index (χ0) is 15.4. The summed E-state index contributed by atoms with van der Waals surface area (Å²) in [5.74, 6) is -0.0700. The number of aryl methyl sites for hydroxylation is 1. The second-order valence-corrected chi connectivity index (χ2v) is 7.08. The number of carbonyl (C=O) groups is 2. The molecule has 0 radical (unpaired) electrons. The number of nitrogens with zero attached hydrogens (tertiary/aromatic N) is 1. The van der Waals surface area contributed by atoms with Crippen molar-refractivity contribution in [2.24, 2.45) is 0 Å². The highest BCUT2D eigenvalue weighted by molar-refractivity contribution is 8.02. The zero-order valence-corrected chi connectivity index (χ0v) is 13.7. The first-order valence-electron chi connectivity index (χ1n) is 6.46. The number of amides is 1. The third kappa shape index (κ3) is 4.41. The van der Waals surface area contributed by atoms with Gasteiger partial charge in [-0.2, -0.15) is 0 Å². The Hall–Kier alpha value is -1.66. The van der Waals surface area contributed by atoms with Gasteiger partial charge in [-0.1, -0.05) is 11.8 Å². The van der Waals surface area contributed by atoms with Crippen LogP contribution in [0, 0.1) is 6.92 Å². The van der Waals surface area contributed by atoms with Crippen molar-refractivity contribution in [3.63, 3.8) is 0 Å². The van der Waals surface area contributed by atoms with Crippen molar-refractivity contribution in [2.75, 3.05) is 5.32 Å². The molecule has 0 saturated carbocycles. The van der Waals surface area contributed by atoms with Crippen molar-refractivity contribution in [1.29, 1.82) is 0 Å². The SMILES string of the molecule is CC(=O)Nc1ccc(C(=O)[C@H](C)Sc2nc(C)cs2)cc1. The van der Waals surface area contributed by atoms with Gasteiger partial charge in [-0.3, -0.25) is 9.59 Å². The third-order valence-corrected chi connectivity index (χ3v) is 4.92. The molecule has 0 aliphatic rings. The molecule has 0 aliphatic heterocycles. The Kier molecular flexibility index (Phi) is 5.14. The number of ketones is 1. The Morgan fingerprint density at radius 2 is 1.95 bits per heavy atom. The fourth-order valence-electron chi connectivity index (χ4n) is 1.75. The number of nitrogens with one attached hydrogen (secondary N) is 1. The topological polar surface area (TPSA) is 59.1 Å². The first-order chi connectivity index (χ1) is 9.95. The number of Topliss-reactive ketones (excluding diaryl/α,β-unsaturated/α-hetero) is 1. The number of hydrogen-bond donors (Lipinski definition) is 1. The smallest absolute Gasteiger partial charge is 0.221 e. The van der Waals surface area contributed by atoms with Crippen LogP contribution in [0.15, 0.2) is 34.0 Å². The molecule has 0 aliphatic carbocycles. The Balaban J connectivity index is 2.03. The number of anilines is 1. The minimum Gasteiger partial charge on any atom is -0.326 e. The Morgan fingerprint density at radius 1 is 1.29 bits per heavy atom. The van der Waals surface area contributed by atoms with Crippen LogP contribution in [0.4, 0.5) is 5.69 Å². The molecule has 1 aromatic carbocycles. The van der Waals surface area contributed by atoms with Crippen LogP contribution in [-0.4, -0.2) is 21.9 Å². The molecule has 1 heterocycles. The lowest BCUT2D eigenvalue weighted by atomic mass is 10.1. The van der Waals surface area contributed by atoms with E-state index in [4.69, 9.17) is 0 Å². The maximum atomic E-state index is 12.4. The molecule has 1 N–H and O–H groups in total. The molecule has 21 heavy (non-hydrogen) atoms. The summed E-state index contributed by atoms with van der Waals surface area (Å²) in [5.41, 5.74) is 2.30. The van der Waals surface area contributed by atoms with Crippen LogP contribution in [0.25, 0.3) is 0 Å². The molecule has 6 heteroatoms. The second kappa shape index (κ2) is 6.87. The molecule has 2 rings (SSSR count). The number of benzene rings is 1. The van der Waals surface area contributed by atoms with Gasteiger partial charge >= 0.3 is 0 Å². The van der Waals surface area contributed by atoms with Crippen molar-refractivity contribution in [3.05, 3.63) is 40.9 Å². The molecule has 0 saturated heterocycles. The molecule has 0 unspecified atom stereocenters.